The van der Waals surface area contributed by atoms with Gasteiger partial charge >= 0.3 is 0 Å². The molecule has 21 heavy (non-hydrogen) atoms. The predicted molar refractivity (Wildman–Crippen MR) is 77.6 cm³/mol. The fourth-order valence-corrected chi connectivity index (χ4v) is 3.23. The molecular weight excluding hydrogens is 295 g/mol. The van der Waals surface area contributed by atoms with Gasteiger partial charge in [-0.1, -0.05) is 19.1 Å². The Kier molecular flexibility index (Phi) is 4.63. The van der Waals surface area contributed by atoms with E-state index >= 15 is 0 Å². The van der Waals surface area contributed by atoms with Gasteiger partial charge in [-0.2, -0.15) is 0 Å². The Balaban J connectivity index is 2.21. The van der Waals surface area contributed by atoms with Crippen LogP contribution in [0.25, 0.3) is 0 Å². The van der Waals surface area contributed by atoms with E-state index in [1.807, 2.05) is 6.92 Å². The third-order valence-corrected chi connectivity index (χ3v) is 5.12. The minimum atomic E-state index is -3.61. The van der Waals surface area contributed by atoms with Crippen molar-refractivity contribution in [1.29, 1.82) is 0 Å². The summed E-state index contributed by atoms with van der Waals surface area (Å²) >= 11 is 0. The van der Waals surface area contributed by atoms with Crippen molar-refractivity contribution in [3.63, 3.8) is 0 Å². The second kappa shape index (κ2) is 6.11. The summed E-state index contributed by atoms with van der Waals surface area (Å²) in [5.74, 6) is -1.36. The maximum Gasteiger partial charge on any atom is 0.237 e. The number of halogens is 1. The zero-order valence-corrected chi connectivity index (χ0v) is 12.8. The highest BCUT2D eigenvalue weighted by Gasteiger charge is 2.30. The van der Waals surface area contributed by atoms with Gasteiger partial charge in [-0.05, 0) is 43.0 Å². The maximum atomic E-state index is 13.8. The average molecular weight is 314 g/mol. The topological polar surface area (TPSA) is 75.3 Å². The molecule has 0 saturated heterocycles. The van der Waals surface area contributed by atoms with Crippen LogP contribution in [0.2, 0.25) is 0 Å². The SMILES string of the molecule is CNS(=O)(=O)CC(=O)N[C@@H]1c2cccc(F)c2CC[C@H]1C. The number of carbonyl (C=O) groups is 1. The number of carbonyl (C=O) groups excluding carboxylic acids is 1. The number of nitrogens with one attached hydrogen (secondary N) is 2. The predicted octanol–water partition coefficient (Wildman–Crippen LogP) is 1.11. The van der Waals surface area contributed by atoms with Crippen molar-refractivity contribution in [3.05, 3.63) is 35.1 Å². The van der Waals surface area contributed by atoms with Gasteiger partial charge in [0.1, 0.15) is 11.6 Å². The quantitative estimate of drug-likeness (QED) is 0.874. The molecule has 0 unspecified atom stereocenters. The molecule has 0 saturated carbocycles. The molecule has 0 spiro atoms. The smallest absolute Gasteiger partial charge is 0.237 e. The van der Waals surface area contributed by atoms with Gasteiger partial charge in [0.25, 0.3) is 0 Å². The fraction of sp³-hybridized carbons (Fsp3) is 0.500. The normalized spacial score (nSPS) is 21.7. The van der Waals surface area contributed by atoms with E-state index in [4.69, 9.17) is 0 Å². The van der Waals surface area contributed by atoms with Crippen LogP contribution in [0.3, 0.4) is 0 Å². The molecule has 1 aromatic carbocycles. The van der Waals surface area contributed by atoms with Gasteiger partial charge in [0.2, 0.25) is 15.9 Å². The van der Waals surface area contributed by atoms with E-state index in [0.29, 0.717) is 12.0 Å². The molecule has 0 aromatic heterocycles. The first-order valence-corrected chi connectivity index (χ1v) is 8.47. The lowest BCUT2D eigenvalue weighted by molar-refractivity contribution is -0.119. The zero-order chi connectivity index (χ0) is 15.6. The lowest BCUT2D eigenvalue weighted by Crippen LogP contribution is -2.40. The minimum absolute atomic E-state index is 0.125. The second-order valence-electron chi connectivity index (χ2n) is 5.33. The Morgan fingerprint density at radius 2 is 2.14 bits per heavy atom. The molecule has 2 N–H and O–H groups in total. The first-order valence-electron chi connectivity index (χ1n) is 6.82. The molecule has 0 bridgehead atoms. The van der Waals surface area contributed by atoms with Gasteiger partial charge in [-0.15, -0.1) is 0 Å². The molecule has 116 valence electrons. The van der Waals surface area contributed by atoms with Crippen LogP contribution in [0.5, 0.6) is 0 Å². The zero-order valence-electron chi connectivity index (χ0n) is 12.0. The molecular formula is C14H19FN2O3S. The number of amides is 1. The number of sulfonamides is 1. The standard InChI is InChI=1S/C14H19FN2O3S/c1-9-6-7-10-11(4-3-5-12(10)15)14(9)17-13(18)8-21(19,20)16-2/h3-5,9,14,16H,6-8H2,1-2H3,(H,17,18)/t9-,14+/m1/s1. The van der Waals surface area contributed by atoms with Crippen molar-refractivity contribution in [3.8, 4) is 0 Å². The van der Waals surface area contributed by atoms with Crippen molar-refractivity contribution in [1.82, 2.24) is 10.0 Å². The van der Waals surface area contributed by atoms with Crippen LogP contribution in [0, 0.1) is 11.7 Å². The molecule has 1 aliphatic rings. The number of benzene rings is 1. The molecule has 7 heteroatoms. The van der Waals surface area contributed by atoms with Crippen LogP contribution in [0.15, 0.2) is 18.2 Å². The van der Waals surface area contributed by atoms with Gasteiger partial charge in [0.15, 0.2) is 0 Å². The van der Waals surface area contributed by atoms with E-state index in [-0.39, 0.29) is 17.8 Å². The summed E-state index contributed by atoms with van der Waals surface area (Å²) in [6.07, 6.45) is 1.38. The Morgan fingerprint density at radius 3 is 2.81 bits per heavy atom. The molecule has 0 aliphatic heterocycles. The third kappa shape index (κ3) is 3.59. The third-order valence-electron chi connectivity index (χ3n) is 3.86. The Bertz CT molecular complexity index is 646. The van der Waals surface area contributed by atoms with Crippen LogP contribution < -0.4 is 10.0 Å². The van der Waals surface area contributed by atoms with E-state index in [1.165, 1.54) is 13.1 Å². The number of fused-ring (bicyclic) bond motifs is 1. The Hall–Kier alpha value is -1.47. The lowest BCUT2D eigenvalue weighted by Gasteiger charge is -2.32. The second-order valence-corrected chi connectivity index (χ2v) is 7.26. The summed E-state index contributed by atoms with van der Waals surface area (Å²) in [6.45, 7) is 1.96. The van der Waals surface area contributed by atoms with E-state index in [2.05, 4.69) is 10.0 Å². The van der Waals surface area contributed by atoms with Crippen molar-refractivity contribution >= 4 is 15.9 Å². The molecule has 2 rings (SSSR count). The summed E-state index contributed by atoms with van der Waals surface area (Å²) in [6, 6.07) is 4.43. The minimum Gasteiger partial charge on any atom is -0.348 e. The molecule has 1 amide bonds. The highest BCUT2D eigenvalue weighted by Crippen LogP contribution is 2.35. The van der Waals surface area contributed by atoms with Crippen LogP contribution >= 0.6 is 0 Å². The summed E-state index contributed by atoms with van der Waals surface area (Å²) < 4.78 is 38.7. The van der Waals surface area contributed by atoms with Crippen LogP contribution in [-0.4, -0.2) is 27.1 Å². The average Bonchev–Trinajstić information content (AvgIpc) is 2.42. The van der Waals surface area contributed by atoms with Gasteiger partial charge in [-0.3, -0.25) is 4.79 Å². The van der Waals surface area contributed by atoms with Crippen LogP contribution in [0.4, 0.5) is 4.39 Å². The Morgan fingerprint density at radius 1 is 1.43 bits per heavy atom. The van der Waals surface area contributed by atoms with Crippen molar-refractivity contribution < 1.29 is 17.6 Å². The van der Waals surface area contributed by atoms with E-state index in [9.17, 15) is 17.6 Å². The Labute approximate surface area is 124 Å². The largest absolute Gasteiger partial charge is 0.348 e. The van der Waals surface area contributed by atoms with Gasteiger partial charge in [-0.25, -0.2) is 17.5 Å². The summed E-state index contributed by atoms with van der Waals surface area (Å²) in [5, 5.41) is 2.72. The van der Waals surface area contributed by atoms with Crippen LogP contribution in [-0.2, 0) is 21.2 Å². The highest BCUT2D eigenvalue weighted by atomic mass is 32.2. The van der Waals surface area contributed by atoms with Crippen molar-refractivity contribution in [2.45, 2.75) is 25.8 Å². The molecule has 1 aromatic rings. The summed E-state index contributed by atoms with van der Waals surface area (Å²) in [5.41, 5.74) is 1.35. The first kappa shape index (κ1) is 15.9. The summed E-state index contributed by atoms with van der Waals surface area (Å²) in [4.78, 5) is 11.9. The number of hydrogen-bond donors (Lipinski definition) is 2. The first-order chi connectivity index (χ1) is 9.84. The van der Waals surface area contributed by atoms with Crippen LogP contribution in [0.1, 0.15) is 30.5 Å². The highest BCUT2D eigenvalue weighted by molar-refractivity contribution is 7.90. The molecule has 2 atom stereocenters. The van der Waals surface area contributed by atoms with Gasteiger partial charge in [0, 0.05) is 0 Å². The van der Waals surface area contributed by atoms with Gasteiger partial charge < -0.3 is 5.32 Å². The number of hydrogen-bond acceptors (Lipinski definition) is 3. The molecule has 5 nitrogen and oxygen atoms in total. The molecule has 1 aliphatic carbocycles. The number of rotatable bonds is 4. The molecule has 0 radical (unpaired) electrons. The van der Waals surface area contributed by atoms with E-state index < -0.39 is 21.7 Å². The van der Waals surface area contributed by atoms with E-state index in [1.54, 1.807) is 12.1 Å². The van der Waals surface area contributed by atoms with Crippen molar-refractivity contribution in [2.24, 2.45) is 5.92 Å². The fourth-order valence-electron chi connectivity index (χ4n) is 2.66. The van der Waals surface area contributed by atoms with Gasteiger partial charge in [0.05, 0.1) is 6.04 Å². The summed E-state index contributed by atoms with van der Waals surface area (Å²) in [7, 11) is -2.35. The maximum absolute atomic E-state index is 13.8. The molecule has 0 heterocycles. The van der Waals surface area contributed by atoms with E-state index in [0.717, 1.165) is 12.0 Å². The lowest BCUT2D eigenvalue weighted by atomic mass is 9.80. The molecule has 0 fully saturated rings. The van der Waals surface area contributed by atoms with Crippen molar-refractivity contribution in [2.75, 3.05) is 12.8 Å². The monoisotopic (exact) mass is 314 g/mol.